The van der Waals surface area contributed by atoms with Crippen molar-refractivity contribution in [1.82, 2.24) is 0 Å². The molecule has 5 nitrogen and oxygen atoms in total. The van der Waals surface area contributed by atoms with Crippen LogP contribution in [0, 0.1) is 0 Å². The van der Waals surface area contributed by atoms with Gasteiger partial charge in [0.25, 0.3) is 5.69 Å². The van der Waals surface area contributed by atoms with Crippen LogP contribution in [0.1, 0.15) is 13.8 Å². The lowest BCUT2D eigenvalue weighted by molar-refractivity contribution is 0.225. The van der Waals surface area contributed by atoms with Crippen LogP contribution >= 0.6 is 24.1 Å². The predicted molar refractivity (Wildman–Crippen MR) is 74.5 cm³/mol. The Labute approximate surface area is 111 Å². The van der Waals surface area contributed by atoms with Crippen LogP contribution in [0.2, 0.25) is 0 Å². The van der Waals surface area contributed by atoms with Crippen molar-refractivity contribution in [1.29, 1.82) is 0 Å². The Hall–Kier alpha value is 1.45. The first-order valence-electron chi connectivity index (χ1n) is 4.44. The zero-order valence-electron chi connectivity index (χ0n) is 9.57. The van der Waals surface area contributed by atoms with E-state index in [1.807, 2.05) is 13.8 Å². The maximum atomic E-state index is 5.35. The second-order valence-corrected chi connectivity index (χ2v) is 11.4. The van der Waals surface area contributed by atoms with Gasteiger partial charge in [0, 0.05) is 14.2 Å². The molecule has 0 aromatic rings. The largest absolute Gasteiger partial charge is 0.339 e. The molecule has 0 amide bonds. The van der Waals surface area contributed by atoms with Crippen LogP contribution in [0.3, 0.4) is 0 Å². The fraction of sp³-hybridized carbons (Fsp3) is 1.00. The molecule has 0 radical (unpaired) electrons. The summed E-state index contributed by atoms with van der Waals surface area (Å²) in [5, 5.41) is 0. The Kier molecular flexibility index (Phi) is 9.31. The van der Waals surface area contributed by atoms with E-state index in [-0.39, 0.29) is 0 Å². The molecule has 0 aromatic heterocycles. The molecule has 0 heterocycles. The Morgan fingerprint density at radius 1 is 1.00 bits per heavy atom. The molecule has 0 fully saturated rings. The smallest absolute Gasteiger partial charge is 0.324 e. The van der Waals surface area contributed by atoms with E-state index in [9.17, 15) is 0 Å². The molecule has 0 aromatic carbocycles. The normalized spacial score (nSPS) is 13.0. The van der Waals surface area contributed by atoms with Crippen LogP contribution in [-0.2, 0) is 45.7 Å². The fourth-order valence-corrected chi connectivity index (χ4v) is 6.53. The summed E-state index contributed by atoms with van der Waals surface area (Å²) in [6.45, 7) is 1.72. The molecule has 0 N–H and O–H groups in total. The molecule has 0 aliphatic rings. The van der Waals surface area contributed by atoms with Crippen molar-refractivity contribution in [3.05, 3.63) is 0 Å². The monoisotopic (exact) mass is 326 g/mol. The first kappa shape index (κ1) is 17.4. The van der Waals surface area contributed by atoms with Gasteiger partial charge in [0.2, 0.25) is 0 Å². The van der Waals surface area contributed by atoms with Crippen LogP contribution in [0.5, 0.6) is 0 Å². The van der Waals surface area contributed by atoms with Gasteiger partial charge in [0.1, 0.15) is 0 Å². The van der Waals surface area contributed by atoms with E-state index in [0.29, 0.717) is 13.2 Å². The molecule has 0 unspecified atom stereocenters. The molecule has 0 aliphatic carbocycles. The van der Waals surface area contributed by atoms with Crippen LogP contribution in [0.4, 0.5) is 0 Å². The van der Waals surface area contributed by atoms with Crippen molar-refractivity contribution in [2.45, 2.75) is 13.8 Å². The van der Waals surface area contributed by atoms with Crippen molar-refractivity contribution < 1.29 is 22.1 Å². The summed E-state index contributed by atoms with van der Waals surface area (Å²) in [7, 11) is 2.93. The minimum Gasteiger partial charge on any atom is -0.324 e. The van der Waals surface area contributed by atoms with Gasteiger partial charge in [-0.1, -0.05) is 0 Å². The van der Waals surface area contributed by atoms with Crippen molar-refractivity contribution >= 4 is 47.7 Å². The second kappa shape index (κ2) is 8.53. The van der Waals surface area contributed by atoms with Crippen LogP contribution in [0.25, 0.3) is 0 Å². The van der Waals surface area contributed by atoms with Gasteiger partial charge in [-0.15, -0.1) is 0 Å². The van der Waals surface area contributed by atoms with Gasteiger partial charge < -0.3 is 18.1 Å². The molecule has 0 bridgehead atoms. The summed E-state index contributed by atoms with van der Waals surface area (Å²) in [6, 6.07) is 0. The molecule has 98 valence electrons. The average Bonchev–Trinajstić information content (AvgIpc) is 2.27. The lowest BCUT2D eigenvalue weighted by Crippen LogP contribution is -1.96. The predicted octanol–water partition coefficient (Wildman–Crippen LogP) is 3.47. The van der Waals surface area contributed by atoms with Gasteiger partial charge >= 0.3 is 6.72 Å². The van der Waals surface area contributed by atoms with Gasteiger partial charge in [-0.05, 0) is 37.5 Å². The molecule has 0 aliphatic heterocycles. The zero-order chi connectivity index (χ0) is 12.7. The van der Waals surface area contributed by atoms with E-state index >= 15 is 0 Å². The summed E-state index contributed by atoms with van der Waals surface area (Å²) in [6.07, 6.45) is 0. The van der Waals surface area contributed by atoms with Gasteiger partial charge in [0.15, 0.2) is 0 Å². The molecular weight excluding hydrogens is 310 g/mol. The highest BCUT2D eigenvalue weighted by Gasteiger charge is 2.27. The second-order valence-electron chi connectivity index (χ2n) is 2.24. The first-order chi connectivity index (χ1) is 7.45. The summed E-state index contributed by atoms with van der Waals surface area (Å²) >= 11 is 11.1. The van der Waals surface area contributed by atoms with E-state index in [2.05, 4.69) is 0 Å². The highest BCUT2D eigenvalue weighted by Crippen LogP contribution is 2.67. The third-order valence-electron chi connectivity index (χ3n) is 1.24. The van der Waals surface area contributed by atoms with Crippen LogP contribution in [0.15, 0.2) is 0 Å². The lowest BCUT2D eigenvalue weighted by Gasteiger charge is -2.22. The Balaban J connectivity index is 4.42. The third kappa shape index (κ3) is 6.40. The van der Waals surface area contributed by atoms with Crippen molar-refractivity contribution in [3.63, 3.8) is 0 Å². The minimum absolute atomic E-state index is 0.417. The molecular formula is C6H16O5P2S3. The van der Waals surface area contributed by atoms with E-state index in [1.165, 1.54) is 14.2 Å². The topological polar surface area (TPSA) is 46.2 Å². The van der Waals surface area contributed by atoms with Gasteiger partial charge in [-0.3, -0.25) is 0 Å². The van der Waals surface area contributed by atoms with Crippen LogP contribution in [-0.4, -0.2) is 27.4 Å². The number of hydrogen-bond acceptors (Lipinski definition) is 8. The quantitative estimate of drug-likeness (QED) is 0.471. The van der Waals surface area contributed by atoms with Gasteiger partial charge in [0.05, 0.1) is 24.9 Å². The molecule has 16 heavy (non-hydrogen) atoms. The number of hydrogen-bond donors (Lipinski definition) is 0. The summed E-state index contributed by atoms with van der Waals surface area (Å²) in [5.74, 6) is 0. The molecule has 0 rings (SSSR count). The van der Waals surface area contributed by atoms with Crippen LogP contribution < -0.4 is 0 Å². The zero-order valence-corrected chi connectivity index (χ0v) is 13.8. The molecule has 0 saturated carbocycles. The summed E-state index contributed by atoms with van der Waals surface area (Å²) in [4.78, 5) is 0. The lowest BCUT2D eigenvalue weighted by atomic mass is 10.9. The molecule has 0 atom stereocenters. The SMILES string of the molecule is CCOP(=S)(OCC)OSP(=S)(OC)OC. The summed E-state index contributed by atoms with van der Waals surface area (Å²) in [5.41, 5.74) is -2.50. The fourth-order valence-electron chi connectivity index (χ4n) is 0.614. The van der Waals surface area contributed by atoms with Crippen molar-refractivity contribution in [3.8, 4) is 0 Å². The third-order valence-corrected chi connectivity index (χ3v) is 9.12. The van der Waals surface area contributed by atoms with Gasteiger partial charge in [-0.2, -0.15) is 0 Å². The minimum atomic E-state index is -2.74. The Morgan fingerprint density at radius 2 is 1.44 bits per heavy atom. The Bertz CT molecular complexity index is 269. The highest BCUT2D eigenvalue weighted by atomic mass is 32.9. The average molecular weight is 326 g/mol. The van der Waals surface area contributed by atoms with E-state index in [0.717, 1.165) is 11.7 Å². The molecule has 0 saturated heterocycles. The number of rotatable bonds is 9. The van der Waals surface area contributed by atoms with Crippen molar-refractivity contribution in [2.24, 2.45) is 0 Å². The first-order valence-corrected chi connectivity index (χ1v) is 11.0. The maximum Gasteiger partial charge on any atom is 0.339 e. The standard InChI is InChI=1S/C6H16O5P2S3/c1-5-9-12(14,10-6-2)11-16-13(15,7-3)8-4/h5-6H2,1-4H3. The maximum absolute atomic E-state index is 5.35. The van der Waals surface area contributed by atoms with E-state index in [1.54, 1.807) is 0 Å². The van der Waals surface area contributed by atoms with E-state index in [4.69, 9.17) is 45.7 Å². The Morgan fingerprint density at radius 3 is 1.75 bits per heavy atom. The van der Waals surface area contributed by atoms with Gasteiger partial charge in [-0.25, -0.2) is 3.97 Å². The molecule has 10 heteroatoms. The highest BCUT2D eigenvalue weighted by molar-refractivity contribution is 8.66. The molecule has 0 spiro atoms. The van der Waals surface area contributed by atoms with Crippen molar-refractivity contribution in [2.75, 3.05) is 27.4 Å². The van der Waals surface area contributed by atoms with E-state index < -0.39 is 12.4 Å². The summed E-state index contributed by atoms with van der Waals surface area (Å²) < 4.78 is 26.0.